The first-order valence-electron chi connectivity index (χ1n) is 5.43. The third-order valence-corrected chi connectivity index (χ3v) is 7.47. The van der Waals surface area contributed by atoms with E-state index < -0.39 is 8.80 Å². The largest absolute Gasteiger partial charge is 0.0654 e. The lowest BCUT2D eigenvalue weighted by Gasteiger charge is -2.22. The summed E-state index contributed by atoms with van der Waals surface area (Å²) in [5.74, 6) is 1.84. The SMILES string of the molecule is CC(C)C[SiH](CC(C)C)C(C)C. The summed E-state index contributed by atoms with van der Waals surface area (Å²) >= 11 is 0. The van der Waals surface area contributed by atoms with Crippen LogP contribution in [0.2, 0.25) is 17.6 Å². The molecule has 0 aromatic heterocycles. The first kappa shape index (κ1) is 12.2. The van der Waals surface area contributed by atoms with Crippen LogP contribution in [0, 0.1) is 11.8 Å². The Balaban J connectivity index is 3.87. The van der Waals surface area contributed by atoms with E-state index >= 15 is 0 Å². The topological polar surface area (TPSA) is 0 Å². The van der Waals surface area contributed by atoms with E-state index in [4.69, 9.17) is 0 Å². The Morgan fingerprint density at radius 1 is 0.750 bits per heavy atom. The molecule has 0 aromatic rings. The van der Waals surface area contributed by atoms with Gasteiger partial charge in [0.1, 0.15) is 0 Å². The van der Waals surface area contributed by atoms with Crippen molar-refractivity contribution >= 4 is 8.80 Å². The average molecular weight is 186 g/mol. The fourth-order valence-electron chi connectivity index (χ4n) is 1.85. The average Bonchev–Trinajstić information content (AvgIpc) is 1.83. The summed E-state index contributed by atoms with van der Waals surface area (Å²) in [5, 5.41) is 0. The molecule has 0 aliphatic carbocycles. The predicted octanol–water partition coefficient (Wildman–Crippen LogP) is 3.94. The molecule has 0 aromatic carbocycles. The lowest BCUT2D eigenvalue weighted by molar-refractivity contribution is 0.678. The van der Waals surface area contributed by atoms with Gasteiger partial charge in [-0.2, -0.15) is 0 Å². The Labute approximate surface area is 80.4 Å². The van der Waals surface area contributed by atoms with E-state index in [9.17, 15) is 0 Å². The molecule has 0 saturated carbocycles. The summed E-state index contributed by atoms with van der Waals surface area (Å²) in [7, 11) is -0.423. The molecule has 0 heterocycles. The molecular formula is C11H26Si. The highest BCUT2D eigenvalue weighted by Crippen LogP contribution is 2.23. The zero-order valence-electron chi connectivity index (χ0n) is 9.72. The van der Waals surface area contributed by atoms with Gasteiger partial charge in [-0.25, -0.2) is 0 Å². The van der Waals surface area contributed by atoms with Crippen molar-refractivity contribution in [3.05, 3.63) is 0 Å². The van der Waals surface area contributed by atoms with E-state index in [1.54, 1.807) is 0 Å². The standard InChI is InChI=1S/C11H26Si/c1-9(2)7-12(11(5)6)8-10(3)4/h9-12H,7-8H2,1-6H3. The Kier molecular flexibility index (Phi) is 5.90. The van der Waals surface area contributed by atoms with E-state index in [0.29, 0.717) is 0 Å². The van der Waals surface area contributed by atoms with Gasteiger partial charge in [0.25, 0.3) is 0 Å². The van der Waals surface area contributed by atoms with E-state index in [0.717, 1.165) is 17.4 Å². The van der Waals surface area contributed by atoms with Gasteiger partial charge >= 0.3 is 0 Å². The second-order valence-corrected chi connectivity index (χ2v) is 9.06. The van der Waals surface area contributed by atoms with Gasteiger partial charge in [0.15, 0.2) is 0 Å². The van der Waals surface area contributed by atoms with Crippen molar-refractivity contribution in [2.75, 3.05) is 0 Å². The summed E-state index contributed by atoms with van der Waals surface area (Å²) in [5.41, 5.74) is 0.995. The highest BCUT2D eigenvalue weighted by Gasteiger charge is 2.17. The maximum absolute atomic E-state index is 2.42. The predicted molar refractivity (Wildman–Crippen MR) is 61.5 cm³/mol. The van der Waals surface area contributed by atoms with Crippen molar-refractivity contribution in [1.29, 1.82) is 0 Å². The van der Waals surface area contributed by atoms with Crippen LogP contribution in [0.1, 0.15) is 41.5 Å². The summed E-state index contributed by atoms with van der Waals surface area (Å²) < 4.78 is 0. The van der Waals surface area contributed by atoms with Crippen LogP contribution in [0.25, 0.3) is 0 Å². The fourth-order valence-corrected chi connectivity index (χ4v) is 5.55. The molecule has 1 heteroatoms. The van der Waals surface area contributed by atoms with Crippen molar-refractivity contribution in [2.24, 2.45) is 11.8 Å². The molecule has 12 heavy (non-hydrogen) atoms. The summed E-state index contributed by atoms with van der Waals surface area (Å²) in [6, 6.07) is 3.08. The fraction of sp³-hybridized carbons (Fsp3) is 1.00. The molecule has 0 atom stereocenters. The minimum absolute atomic E-state index is 0.423. The quantitative estimate of drug-likeness (QED) is 0.571. The third kappa shape index (κ3) is 5.82. The molecule has 0 saturated heterocycles. The van der Waals surface area contributed by atoms with Gasteiger partial charge in [-0.3, -0.25) is 0 Å². The lowest BCUT2D eigenvalue weighted by atomic mass is 10.3. The first-order valence-corrected chi connectivity index (χ1v) is 7.73. The highest BCUT2D eigenvalue weighted by molar-refractivity contribution is 6.60. The minimum atomic E-state index is -0.423. The van der Waals surface area contributed by atoms with Crippen LogP contribution in [-0.2, 0) is 0 Å². The summed E-state index contributed by atoms with van der Waals surface area (Å²) in [4.78, 5) is 0. The monoisotopic (exact) mass is 186 g/mol. The van der Waals surface area contributed by atoms with Crippen LogP contribution in [0.15, 0.2) is 0 Å². The molecule has 0 aliphatic heterocycles. The van der Waals surface area contributed by atoms with Crippen molar-refractivity contribution in [3.8, 4) is 0 Å². The van der Waals surface area contributed by atoms with E-state index in [-0.39, 0.29) is 0 Å². The third-order valence-electron chi connectivity index (χ3n) is 2.49. The molecule has 0 rings (SSSR count). The maximum Gasteiger partial charge on any atom is 0.0398 e. The number of rotatable bonds is 5. The lowest BCUT2D eigenvalue weighted by Crippen LogP contribution is -2.20. The van der Waals surface area contributed by atoms with Gasteiger partial charge < -0.3 is 0 Å². The summed E-state index contributed by atoms with van der Waals surface area (Å²) in [6.45, 7) is 14.3. The molecule has 0 nitrogen and oxygen atoms in total. The van der Waals surface area contributed by atoms with Crippen LogP contribution in [0.3, 0.4) is 0 Å². The second-order valence-electron chi connectivity index (χ2n) is 5.26. The van der Waals surface area contributed by atoms with Gasteiger partial charge in [-0.05, 0) is 11.8 Å². The second kappa shape index (κ2) is 5.79. The van der Waals surface area contributed by atoms with E-state index in [2.05, 4.69) is 41.5 Å². The molecule has 0 aliphatic rings. The highest BCUT2D eigenvalue weighted by atomic mass is 28.3. The van der Waals surface area contributed by atoms with E-state index in [1.165, 1.54) is 12.1 Å². The molecule has 0 fully saturated rings. The molecule has 0 radical (unpaired) electrons. The zero-order chi connectivity index (χ0) is 9.72. The van der Waals surface area contributed by atoms with Crippen LogP contribution < -0.4 is 0 Å². The van der Waals surface area contributed by atoms with Crippen LogP contribution in [-0.4, -0.2) is 8.80 Å². The zero-order valence-corrected chi connectivity index (χ0v) is 10.9. The smallest absolute Gasteiger partial charge is 0.0398 e. The Hall–Kier alpha value is 0.217. The van der Waals surface area contributed by atoms with Crippen molar-refractivity contribution in [3.63, 3.8) is 0 Å². The normalized spacial score (nSPS) is 12.5. The van der Waals surface area contributed by atoms with Crippen molar-refractivity contribution < 1.29 is 0 Å². The van der Waals surface area contributed by atoms with Crippen LogP contribution in [0.5, 0.6) is 0 Å². The van der Waals surface area contributed by atoms with Crippen LogP contribution >= 0.6 is 0 Å². The Morgan fingerprint density at radius 3 is 1.25 bits per heavy atom. The van der Waals surface area contributed by atoms with Gasteiger partial charge in [0, 0.05) is 8.80 Å². The number of hydrogen-bond acceptors (Lipinski definition) is 0. The van der Waals surface area contributed by atoms with Gasteiger partial charge in [0.05, 0.1) is 0 Å². The Morgan fingerprint density at radius 2 is 1.08 bits per heavy atom. The molecule has 0 bridgehead atoms. The van der Waals surface area contributed by atoms with Crippen molar-refractivity contribution in [1.82, 2.24) is 0 Å². The maximum atomic E-state index is 2.42. The van der Waals surface area contributed by atoms with Gasteiger partial charge in [-0.1, -0.05) is 59.2 Å². The molecule has 0 spiro atoms. The number of hydrogen-bond donors (Lipinski definition) is 0. The first-order chi connectivity index (χ1) is 5.43. The molecule has 0 N–H and O–H groups in total. The molecule has 0 unspecified atom stereocenters. The molecular weight excluding hydrogens is 160 g/mol. The Bertz CT molecular complexity index is 95.6. The van der Waals surface area contributed by atoms with Crippen molar-refractivity contribution in [2.45, 2.75) is 59.2 Å². The summed E-state index contributed by atoms with van der Waals surface area (Å²) in [6.07, 6.45) is 0. The molecule has 74 valence electrons. The van der Waals surface area contributed by atoms with Crippen LogP contribution in [0.4, 0.5) is 0 Å². The van der Waals surface area contributed by atoms with E-state index in [1.807, 2.05) is 0 Å². The molecule has 0 amide bonds. The van der Waals surface area contributed by atoms with Gasteiger partial charge in [-0.15, -0.1) is 0 Å². The van der Waals surface area contributed by atoms with Gasteiger partial charge in [0.2, 0.25) is 0 Å². The minimum Gasteiger partial charge on any atom is -0.0654 e.